The van der Waals surface area contributed by atoms with Crippen molar-refractivity contribution in [2.24, 2.45) is 7.05 Å². The Morgan fingerprint density at radius 1 is 1.33 bits per heavy atom. The summed E-state index contributed by atoms with van der Waals surface area (Å²) < 4.78 is 2.02. The van der Waals surface area contributed by atoms with Crippen LogP contribution in [0.1, 0.15) is 43.0 Å². The van der Waals surface area contributed by atoms with Crippen LogP contribution in [0.2, 0.25) is 0 Å². The van der Waals surface area contributed by atoms with Gasteiger partial charge in [0.15, 0.2) is 5.43 Å². The highest BCUT2D eigenvalue weighted by molar-refractivity contribution is 5.84. The van der Waals surface area contributed by atoms with Crippen molar-refractivity contribution in [1.29, 1.82) is 0 Å². The maximum atomic E-state index is 12.7. The number of aromatic nitrogens is 1. The zero-order chi connectivity index (χ0) is 15.7. The molecule has 4 heteroatoms. The minimum absolute atomic E-state index is 0.0224. The van der Waals surface area contributed by atoms with Gasteiger partial charge >= 0.3 is 5.97 Å². The van der Waals surface area contributed by atoms with Gasteiger partial charge in [-0.05, 0) is 30.9 Å². The van der Waals surface area contributed by atoms with Gasteiger partial charge in [0, 0.05) is 30.1 Å². The summed E-state index contributed by atoms with van der Waals surface area (Å²) in [6.07, 6.45) is 0.251. The van der Waals surface area contributed by atoms with Crippen molar-refractivity contribution >= 4 is 16.9 Å². The summed E-state index contributed by atoms with van der Waals surface area (Å²) in [5, 5.41) is 9.52. The van der Waals surface area contributed by atoms with E-state index in [1.807, 2.05) is 36.7 Å². The van der Waals surface area contributed by atoms with Gasteiger partial charge in [0.25, 0.3) is 0 Å². The number of aliphatic carboxylic acids is 1. The largest absolute Gasteiger partial charge is 0.481 e. The molecule has 1 aromatic heterocycles. The summed E-state index contributed by atoms with van der Waals surface area (Å²) in [5.41, 5.74) is 3.51. The number of pyridine rings is 1. The van der Waals surface area contributed by atoms with Crippen LogP contribution in [-0.2, 0) is 18.3 Å². The Kier molecular flexibility index (Phi) is 4.16. The molecule has 2 rings (SSSR count). The summed E-state index contributed by atoms with van der Waals surface area (Å²) in [6, 6.07) is 5.77. The van der Waals surface area contributed by atoms with Crippen molar-refractivity contribution in [3.05, 3.63) is 45.2 Å². The molecule has 0 spiro atoms. The number of aryl methyl sites for hydroxylation is 1. The zero-order valence-electron chi connectivity index (χ0n) is 12.9. The van der Waals surface area contributed by atoms with Crippen LogP contribution in [-0.4, -0.2) is 15.6 Å². The zero-order valence-corrected chi connectivity index (χ0v) is 12.9. The molecule has 1 heterocycles. The molecule has 4 nitrogen and oxygen atoms in total. The van der Waals surface area contributed by atoms with E-state index in [4.69, 9.17) is 5.11 Å². The number of nitrogens with zero attached hydrogens (tertiary/aromatic N) is 1. The van der Waals surface area contributed by atoms with Gasteiger partial charge in [-0.3, -0.25) is 9.59 Å². The van der Waals surface area contributed by atoms with Crippen LogP contribution >= 0.6 is 0 Å². The standard InChI is InChI=1S/C17H21NO3/c1-10(2)12-6-5-7-14-16(12)18(4)11(3)13(17(14)21)8-9-15(19)20/h5-7,10H,8-9H2,1-4H3,(H,19,20). The monoisotopic (exact) mass is 287 g/mol. The smallest absolute Gasteiger partial charge is 0.303 e. The fraction of sp³-hybridized carbons (Fsp3) is 0.412. The molecule has 0 saturated heterocycles. The van der Waals surface area contributed by atoms with Crippen molar-refractivity contribution in [3.8, 4) is 0 Å². The normalized spacial score (nSPS) is 11.3. The van der Waals surface area contributed by atoms with Crippen LogP contribution in [0.25, 0.3) is 10.9 Å². The van der Waals surface area contributed by atoms with E-state index in [1.54, 1.807) is 0 Å². The van der Waals surface area contributed by atoms with E-state index in [2.05, 4.69) is 13.8 Å². The average Bonchev–Trinajstić information content (AvgIpc) is 2.43. The van der Waals surface area contributed by atoms with Crippen molar-refractivity contribution in [1.82, 2.24) is 4.57 Å². The number of fused-ring (bicyclic) bond motifs is 1. The quantitative estimate of drug-likeness (QED) is 0.940. The Morgan fingerprint density at radius 2 is 2.00 bits per heavy atom. The van der Waals surface area contributed by atoms with Crippen LogP contribution in [0.3, 0.4) is 0 Å². The van der Waals surface area contributed by atoms with Gasteiger partial charge in [0.05, 0.1) is 5.52 Å². The Labute approximate surface area is 124 Å². The molecule has 1 N–H and O–H groups in total. The maximum Gasteiger partial charge on any atom is 0.303 e. The number of para-hydroxylation sites is 1. The molecule has 0 bridgehead atoms. The predicted molar refractivity (Wildman–Crippen MR) is 84.0 cm³/mol. The Balaban J connectivity index is 2.77. The second-order valence-corrected chi connectivity index (χ2v) is 5.74. The molecule has 0 fully saturated rings. The molecule has 0 aliphatic rings. The first-order chi connectivity index (χ1) is 9.84. The van der Waals surface area contributed by atoms with Crippen LogP contribution in [0.4, 0.5) is 0 Å². The van der Waals surface area contributed by atoms with E-state index in [1.165, 1.54) is 0 Å². The van der Waals surface area contributed by atoms with Gasteiger partial charge in [0.1, 0.15) is 0 Å². The third kappa shape index (κ3) is 2.71. The molecule has 21 heavy (non-hydrogen) atoms. The number of carboxylic acid groups (broad SMARTS) is 1. The fourth-order valence-electron chi connectivity index (χ4n) is 2.81. The molecular weight excluding hydrogens is 266 g/mol. The minimum atomic E-state index is -0.882. The Hall–Kier alpha value is -2.10. The summed E-state index contributed by atoms with van der Waals surface area (Å²) >= 11 is 0. The molecule has 0 atom stereocenters. The van der Waals surface area contributed by atoms with Gasteiger partial charge in [0.2, 0.25) is 0 Å². The highest BCUT2D eigenvalue weighted by atomic mass is 16.4. The lowest BCUT2D eigenvalue weighted by molar-refractivity contribution is -0.136. The third-order valence-electron chi connectivity index (χ3n) is 4.07. The highest BCUT2D eigenvalue weighted by Gasteiger charge is 2.16. The molecule has 112 valence electrons. The minimum Gasteiger partial charge on any atom is -0.481 e. The highest BCUT2D eigenvalue weighted by Crippen LogP contribution is 2.25. The lowest BCUT2D eigenvalue weighted by Crippen LogP contribution is -2.19. The maximum absolute atomic E-state index is 12.7. The Morgan fingerprint density at radius 3 is 2.57 bits per heavy atom. The number of benzene rings is 1. The van der Waals surface area contributed by atoms with E-state index in [0.717, 1.165) is 16.8 Å². The van der Waals surface area contributed by atoms with E-state index in [-0.39, 0.29) is 18.3 Å². The van der Waals surface area contributed by atoms with E-state index in [0.29, 0.717) is 16.9 Å². The first-order valence-corrected chi connectivity index (χ1v) is 7.17. The lowest BCUT2D eigenvalue weighted by Gasteiger charge is -2.18. The van der Waals surface area contributed by atoms with Crippen molar-refractivity contribution in [3.63, 3.8) is 0 Å². The molecule has 0 aliphatic carbocycles. The number of hydrogen-bond acceptors (Lipinski definition) is 2. The molecule has 0 aliphatic heterocycles. The Bertz CT molecular complexity index is 757. The molecule has 0 unspecified atom stereocenters. The summed E-state index contributed by atoms with van der Waals surface area (Å²) in [6.45, 7) is 6.09. The third-order valence-corrected chi connectivity index (χ3v) is 4.07. The van der Waals surface area contributed by atoms with Crippen molar-refractivity contribution in [2.75, 3.05) is 0 Å². The molecule has 1 aromatic carbocycles. The second kappa shape index (κ2) is 5.72. The molecule has 2 aromatic rings. The first kappa shape index (κ1) is 15.3. The van der Waals surface area contributed by atoms with E-state index >= 15 is 0 Å². The van der Waals surface area contributed by atoms with Crippen molar-refractivity contribution in [2.45, 2.75) is 39.5 Å². The predicted octanol–water partition coefficient (Wildman–Crippen LogP) is 2.99. The van der Waals surface area contributed by atoms with E-state index in [9.17, 15) is 9.59 Å². The lowest BCUT2D eigenvalue weighted by atomic mass is 9.96. The van der Waals surface area contributed by atoms with Crippen LogP contribution in [0.5, 0.6) is 0 Å². The van der Waals surface area contributed by atoms with Crippen LogP contribution < -0.4 is 5.43 Å². The second-order valence-electron chi connectivity index (χ2n) is 5.74. The summed E-state index contributed by atoms with van der Waals surface area (Å²) in [5.74, 6) is -0.559. The van der Waals surface area contributed by atoms with Gasteiger partial charge in [-0.2, -0.15) is 0 Å². The van der Waals surface area contributed by atoms with E-state index < -0.39 is 5.97 Å². The summed E-state index contributed by atoms with van der Waals surface area (Å²) in [4.78, 5) is 23.5. The fourth-order valence-corrected chi connectivity index (χ4v) is 2.81. The number of carboxylic acids is 1. The van der Waals surface area contributed by atoms with Gasteiger partial charge in [-0.1, -0.05) is 26.0 Å². The van der Waals surface area contributed by atoms with Crippen LogP contribution in [0.15, 0.2) is 23.0 Å². The number of rotatable bonds is 4. The number of hydrogen-bond donors (Lipinski definition) is 1. The molecular formula is C17H21NO3. The average molecular weight is 287 g/mol. The first-order valence-electron chi connectivity index (χ1n) is 7.17. The van der Waals surface area contributed by atoms with Gasteiger partial charge < -0.3 is 9.67 Å². The van der Waals surface area contributed by atoms with Crippen LogP contribution in [0, 0.1) is 6.92 Å². The number of carbonyl (C=O) groups is 1. The van der Waals surface area contributed by atoms with Gasteiger partial charge in [-0.15, -0.1) is 0 Å². The van der Waals surface area contributed by atoms with Gasteiger partial charge in [-0.25, -0.2) is 0 Å². The summed E-state index contributed by atoms with van der Waals surface area (Å²) in [7, 11) is 1.94. The SMILES string of the molecule is Cc1c(CCC(=O)O)c(=O)c2cccc(C(C)C)c2n1C. The molecule has 0 radical (unpaired) electrons. The molecule has 0 saturated carbocycles. The molecule has 0 amide bonds. The topological polar surface area (TPSA) is 59.3 Å². The van der Waals surface area contributed by atoms with Crippen molar-refractivity contribution < 1.29 is 9.90 Å².